The third kappa shape index (κ3) is 3.15. The first-order valence-electron chi connectivity index (χ1n) is 6.87. The molecule has 1 aliphatic carbocycles. The molecule has 0 amide bonds. The summed E-state index contributed by atoms with van der Waals surface area (Å²) in [5.74, 6) is 0.394. The fourth-order valence-corrected chi connectivity index (χ4v) is 3.11. The van der Waals surface area contributed by atoms with Gasteiger partial charge in [-0.1, -0.05) is 20.3 Å². The number of rotatable bonds is 4. The first-order valence-corrected chi connectivity index (χ1v) is 6.87. The van der Waals surface area contributed by atoms with Crippen LogP contribution in [0.25, 0.3) is 0 Å². The van der Waals surface area contributed by atoms with Gasteiger partial charge in [-0.15, -0.1) is 0 Å². The Hall–Kier alpha value is -0.800. The van der Waals surface area contributed by atoms with Crippen LogP contribution in [-0.2, 0) is 6.54 Å². The lowest BCUT2D eigenvalue weighted by Gasteiger charge is -2.42. The number of furan rings is 1. The lowest BCUT2D eigenvalue weighted by atomic mass is 9.69. The predicted octanol–water partition coefficient (Wildman–Crippen LogP) is 2.90. The Bertz CT molecular complexity index is 359. The maximum Gasteiger partial charge on any atom is 0.0947 e. The second kappa shape index (κ2) is 5.45. The smallest absolute Gasteiger partial charge is 0.0947 e. The molecular formula is C15H25NO2. The van der Waals surface area contributed by atoms with E-state index in [4.69, 9.17) is 4.42 Å². The van der Waals surface area contributed by atoms with Gasteiger partial charge in [-0.25, -0.2) is 0 Å². The highest BCUT2D eigenvalue weighted by molar-refractivity contribution is 5.04. The Morgan fingerprint density at radius 3 is 2.94 bits per heavy atom. The third-order valence-corrected chi connectivity index (χ3v) is 4.22. The Balaban J connectivity index is 1.88. The van der Waals surface area contributed by atoms with E-state index in [1.54, 1.807) is 12.5 Å². The van der Waals surface area contributed by atoms with Crippen molar-refractivity contribution in [2.24, 2.45) is 11.3 Å². The maximum atomic E-state index is 10.4. The van der Waals surface area contributed by atoms with Gasteiger partial charge in [0.2, 0.25) is 0 Å². The average molecular weight is 251 g/mol. The molecule has 3 nitrogen and oxygen atoms in total. The van der Waals surface area contributed by atoms with Gasteiger partial charge in [0.1, 0.15) is 0 Å². The molecule has 2 unspecified atom stereocenters. The van der Waals surface area contributed by atoms with Crippen molar-refractivity contribution in [3.05, 3.63) is 24.2 Å². The molecule has 0 spiro atoms. The van der Waals surface area contributed by atoms with E-state index in [1.165, 1.54) is 12.0 Å². The van der Waals surface area contributed by atoms with Crippen molar-refractivity contribution < 1.29 is 9.52 Å². The molecule has 1 heterocycles. The molecule has 0 aliphatic heterocycles. The monoisotopic (exact) mass is 251 g/mol. The lowest BCUT2D eigenvalue weighted by Crippen LogP contribution is -2.44. The minimum absolute atomic E-state index is 0.0688. The van der Waals surface area contributed by atoms with Crippen molar-refractivity contribution in [2.75, 3.05) is 13.6 Å². The van der Waals surface area contributed by atoms with Crippen LogP contribution < -0.4 is 0 Å². The summed E-state index contributed by atoms with van der Waals surface area (Å²) in [5, 5.41) is 10.4. The highest BCUT2D eigenvalue weighted by atomic mass is 16.3. The van der Waals surface area contributed by atoms with E-state index in [-0.39, 0.29) is 11.5 Å². The number of nitrogens with zero attached hydrogens (tertiary/aromatic N) is 1. The van der Waals surface area contributed by atoms with Crippen LogP contribution in [0.15, 0.2) is 23.0 Å². The highest BCUT2D eigenvalue weighted by Gasteiger charge is 2.37. The van der Waals surface area contributed by atoms with Gasteiger partial charge in [-0.3, -0.25) is 0 Å². The molecule has 1 saturated carbocycles. The van der Waals surface area contributed by atoms with Crippen LogP contribution in [0.2, 0.25) is 0 Å². The van der Waals surface area contributed by atoms with Crippen LogP contribution in [-0.4, -0.2) is 29.7 Å². The zero-order chi connectivity index (χ0) is 13.2. The van der Waals surface area contributed by atoms with Crippen LogP contribution >= 0.6 is 0 Å². The second-order valence-corrected chi connectivity index (χ2v) is 6.41. The molecule has 3 heteroatoms. The van der Waals surface area contributed by atoms with Gasteiger partial charge in [0.05, 0.1) is 18.6 Å². The van der Waals surface area contributed by atoms with Crippen molar-refractivity contribution in [1.29, 1.82) is 0 Å². The van der Waals surface area contributed by atoms with Crippen molar-refractivity contribution in [1.82, 2.24) is 4.90 Å². The lowest BCUT2D eigenvalue weighted by molar-refractivity contribution is -0.0414. The number of aliphatic hydroxyl groups excluding tert-OH is 1. The van der Waals surface area contributed by atoms with Crippen molar-refractivity contribution in [3.8, 4) is 0 Å². The minimum atomic E-state index is -0.182. The SMILES string of the molecule is CN(Cc1ccoc1)CC1CCCC(C)(C)C1O. The van der Waals surface area contributed by atoms with Crippen LogP contribution in [0.1, 0.15) is 38.7 Å². The molecule has 1 N–H and O–H groups in total. The van der Waals surface area contributed by atoms with E-state index in [0.29, 0.717) is 5.92 Å². The molecule has 18 heavy (non-hydrogen) atoms. The van der Waals surface area contributed by atoms with Crippen molar-refractivity contribution in [2.45, 2.75) is 45.8 Å². The summed E-state index contributed by atoms with van der Waals surface area (Å²) < 4.78 is 5.08. The molecule has 102 valence electrons. The number of aliphatic hydroxyl groups is 1. The van der Waals surface area contributed by atoms with Crippen LogP contribution in [0.4, 0.5) is 0 Å². The summed E-state index contributed by atoms with van der Waals surface area (Å²) in [6.45, 7) is 6.20. The van der Waals surface area contributed by atoms with Crippen molar-refractivity contribution >= 4 is 0 Å². The normalized spacial score (nSPS) is 27.6. The molecule has 1 aliphatic rings. The predicted molar refractivity (Wildman–Crippen MR) is 72.2 cm³/mol. The molecule has 0 saturated heterocycles. The van der Waals surface area contributed by atoms with Gasteiger partial charge >= 0.3 is 0 Å². The van der Waals surface area contributed by atoms with Gasteiger partial charge in [0, 0.05) is 18.7 Å². The summed E-state index contributed by atoms with van der Waals surface area (Å²) in [4.78, 5) is 2.28. The topological polar surface area (TPSA) is 36.6 Å². The largest absolute Gasteiger partial charge is 0.472 e. The summed E-state index contributed by atoms with van der Waals surface area (Å²) in [6, 6.07) is 2.00. The Morgan fingerprint density at radius 2 is 2.28 bits per heavy atom. The number of hydrogen-bond donors (Lipinski definition) is 1. The van der Waals surface area contributed by atoms with E-state index in [9.17, 15) is 5.11 Å². The van der Waals surface area contributed by atoms with E-state index >= 15 is 0 Å². The van der Waals surface area contributed by atoms with Crippen LogP contribution in [0, 0.1) is 11.3 Å². The fourth-order valence-electron chi connectivity index (χ4n) is 3.11. The standard InChI is InChI=1S/C15H25NO2/c1-15(2)7-4-5-13(14(15)17)10-16(3)9-12-6-8-18-11-12/h6,8,11,13-14,17H,4-5,7,9-10H2,1-3H3. The quantitative estimate of drug-likeness (QED) is 0.894. The van der Waals surface area contributed by atoms with Crippen LogP contribution in [0.5, 0.6) is 0 Å². The average Bonchev–Trinajstić information content (AvgIpc) is 2.77. The zero-order valence-corrected chi connectivity index (χ0v) is 11.7. The van der Waals surface area contributed by atoms with Gasteiger partial charge in [0.25, 0.3) is 0 Å². The Morgan fingerprint density at radius 1 is 1.50 bits per heavy atom. The molecular weight excluding hydrogens is 226 g/mol. The molecule has 1 fully saturated rings. The van der Waals surface area contributed by atoms with E-state index in [0.717, 1.165) is 25.9 Å². The number of hydrogen-bond acceptors (Lipinski definition) is 3. The van der Waals surface area contributed by atoms with Crippen LogP contribution in [0.3, 0.4) is 0 Å². The summed E-state index contributed by atoms with van der Waals surface area (Å²) in [6.07, 6.45) is 6.82. The summed E-state index contributed by atoms with van der Waals surface area (Å²) >= 11 is 0. The zero-order valence-electron chi connectivity index (χ0n) is 11.7. The van der Waals surface area contributed by atoms with E-state index in [1.807, 2.05) is 6.07 Å². The summed E-state index contributed by atoms with van der Waals surface area (Å²) in [7, 11) is 2.11. The molecule has 2 rings (SSSR count). The van der Waals surface area contributed by atoms with Gasteiger partial charge < -0.3 is 14.4 Å². The summed E-state index contributed by atoms with van der Waals surface area (Å²) in [5.41, 5.74) is 1.27. The molecule has 0 radical (unpaired) electrons. The molecule has 0 bridgehead atoms. The van der Waals surface area contributed by atoms with Gasteiger partial charge in [0.15, 0.2) is 0 Å². The molecule has 1 aromatic heterocycles. The first kappa shape index (κ1) is 13.6. The molecule has 1 aromatic rings. The maximum absolute atomic E-state index is 10.4. The second-order valence-electron chi connectivity index (χ2n) is 6.41. The molecule has 0 aromatic carbocycles. The first-order chi connectivity index (χ1) is 8.49. The molecule has 2 atom stereocenters. The fraction of sp³-hybridized carbons (Fsp3) is 0.733. The highest BCUT2D eigenvalue weighted by Crippen LogP contribution is 2.39. The van der Waals surface area contributed by atoms with E-state index in [2.05, 4.69) is 25.8 Å². The van der Waals surface area contributed by atoms with Crippen molar-refractivity contribution in [3.63, 3.8) is 0 Å². The van der Waals surface area contributed by atoms with Gasteiger partial charge in [-0.05, 0) is 37.3 Å². The Kier molecular flexibility index (Phi) is 4.13. The minimum Gasteiger partial charge on any atom is -0.472 e. The van der Waals surface area contributed by atoms with Gasteiger partial charge in [-0.2, -0.15) is 0 Å². The Labute approximate surface area is 110 Å². The van der Waals surface area contributed by atoms with E-state index < -0.39 is 0 Å². The third-order valence-electron chi connectivity index (χ3n) is 4.22.